The fourth-order valence-corrected chi connectivity index (χ4v) is 1.99. The van der Waals surface area contributed by atoms with E-state index in [1.54, 1.807) is 6.20 Å². The molecule has 1 unspecified atom stereocenters. The van der Waals surface area contributed by atoms with Crippen LogP contribution in [0.1, 0.15) is 19.0 Å². The Hall–Kier alpha value is -0.660. The maximum atomic E-state index is 12.0. The number of rotatable bonds is 8. The Morgan fingerprint density at radius 3 is 2.70 bits per heavy atom. The first-order valence-electron chi connectivity index (χ1n) is 6.39. The van der Waals surface area contributed by atoms with Gasteiger partial charge >= 0.3 is 6.18 Å². The molecular formula is C13H18BrF3N2O. The number of aromatic nitrogens is 1. The van der Waals surface area contributed by atoms with Crippen LogP contribution in [-0.4, -0.2) is 37.0 Å². The van der Waals surface area contributed by atoms with Gasteiger partial charge in [-0.25, -0.2) is 0 Å². The zero-order valence-corrected chi connectivity index (χ0v) is 12.8. The zero-order chi connectivity index (χ0) is 15.0. The minimum atomic E-state index is -4.26. The van der Waals surface area contributed by atoms with E-state index in [1.165, 1.54) is 0 Å². The highest BCUT2D eigenvalue weighted by Gasteiger charge is 2.27. The van der Waals surface area contributed by atoms with E-state index in [2.05, 4.69) is 31.0 Å². The summed E-state index contributed by atoms with van der Waals surface area (Å²) in [5, 5.41) is 3.23. The van der Waals surface area contributed by atoms with Gasteiger partial charge in [-0.3, -0.25) is 4.98 Å². The lowest BCUT2D eigenvalue weighted by atomic mass is 10.1. The van der Waals surface area contributed by atoms with Crippen LogP contribution in [0.25, 0.3) is 0 Å². The van der Waals surface area contributed by atoms with Crippen LogP contribution >= 0.6 is 15.9 Å². The van der Waals surface area contributed by atoms with Gasteiger partial charge in [0.1, 0.15) is 6.61 Å². The minimum absolute atomic E-state index is 0.0573. The molecule has 0 amide bonds. The predicted molar refractivity (Wildman–Crippen MR) is 74.6 cm³/mol. The highest BCUT2D eigenvalue weighted by Crippen LogP contribution is 2.15. The molecule has 0 spiro atoms. The summed E-state index contributed by atoms with van der Waals surface area (Å²) < 4.78 is 41.4. The van der Waals surface area contributed by atoms with Gasteiger partial charge in [-0.1, -0.05) is 6.92 Å². The van der Waals surface area contributed by atoms with Gasteiger partial charge in [0.15, 0.2) is 0 Å². The quantitative estimate of drug-likeness (QED) is 0.727. The molecule has 1 aromatic heterocycles. The van der Waals surface area contributed by atoms with Crippen molar-refractivity contribution in [2.75, 3.05) is 19.8 Å². The van der Waals surface area contributed by atoms with E-state index < -0.39 is 12.8 Å². The highest BCUT2D eigenvalue weighted by molar-refractivity contribution is 9.10. The lowest BCUT2D eigenvalue weighted by Crippen LogP contribution is -2.33. The van der Waals surface area contributed by atoms with Crippen molar-refractivity contribution in [1.82, 2.24) is 10.3 Å². The van der Waals surface area contributed by atoms with Gasteiger partial charge in [-0.05, 0) is 41.0 Å². The third-order valence-corrected chi connectivity index (χ3v) is 3.08. The normalized spacial score (nSPS) is 13.4. The summed E-state index contributed by atoms with van der Waals surface area (Å²) in [5.74, 6) is 0. The molecule has 0 aromatic carbocycles. The standard InChI is InChI=1S/C13H18BrF3N2O/c1-2-18-12(5-6-20-9-13(15,16)17)7-11-4-3-10(14)8-19-11/h3-4,8,12,18H,2,5-7,9H2,1H3. The Labute approximate surface area is 125 Å². The van der Waals surface area contributed by atoms with Crippen molar-refractivity contribution >= 4 is 15.9 Å². The molecule has 1 heterocycles. The van der Waals surface area contributed by atoms with E-state index in [-0.39, 0.29) is 12.6 Å². The molecule has 3 nitrogen and oxygen atoms in total. The Kier molecular flexibility index (Phi) is 7.47. The van der Waals surface area contributed by atoms with Crippen LogP contribution in [0.15, 0.2) is 22.8 Å². The molecule has 20 heavy (non-hydrogen) atoms. The molecule has 0 aliphatic rings. The minimum Gasteiger partial charge on any atom is -0.372 e. The smallest absolute Gasteiger partial charge is 0.372 e. The number of likely N-dealkylation sites (N-methyl/N-ethyl adjacent to an activating group) is 1. The summed E-state index contributed by atoms with van der Waals surface area (Å²) >= 11 is 3.31. The largest absolute Gasteiger partial charge is 0.411 e. The van der Waals surface area contributed by atoms with Crippen LogP contribution in [-0.2, 0) is 11.2 Å². The first-order chi connectivity index (χ1) is 9.40. The van der Waals surface area contributed by atoms with Gasteiger partial charge in [-0.2, -0.15) is 13.2 Å². The number of nitrogens with one attached hydrogen (secondary N) is 1. The fourth-order valence-electron chi connectivity index (χ4n) is 1.76. The van der Waals surface area contributed by atoms with Gasteiger partial charge in [0.05, 0.1) is 0 Å². The average molecular weight is 355 g/mol. The molecule has 0 fully saturated rings. The van der Waals surface area contributed by atoms with Crippen LogP contribution in [0.2, 0.25) is 0 Å². The molecule has 0 aliphatic carbocycles. The molecule has 0 saturated carbocycles. The third-order valence-electron chi connectivity index (χ3n) is 2.61. The Morgan fingerprint density at radius 1 is 1.40 bits per heavy atom. The molecule has 0 bridgehead atoms. The zero-order valence-electron chi connectivity index (χ0n) is 11.2. The second kappa shape index (κ2) is 8.59. The lowest BCUT2D eigenvalue weighted by Gasteiger charge is -2.18. The first-order valence-corrected chi connectivity index (χ1v) is 7.18. The number of hydrogen-bond donors (Lipinski definition) is 1. The van der Waals surface area contributed by atoms with Gasteiger partial charge in [0.25, 0.3) is 0 Å². The number of halogens is 4. The van der Waals surface area contributed by atoms with Crippen molar-refractivity contribution in [3.8, 4) is 0 Å². The van der Waals surface area contributed by atoms with Crippen molar-refractivity contribution < 1.29 is 17.9 Å². The molecule has 1 rings (SSSR count). The van der Waals surface area contributed by atoms with Crippen LogP contribution in [0.5, 0.6) is 0 Å². The second-order valence-corrected chi connectivity index (χ2v) is 5.30. The maximum absolute atomic E-state index is 12.0. The van der Waals surface area contributed by atoms with Crippen molar-refractivity contribution in [2.24, 2.45) is 0 Å². The first kappa shape index (κ1) is 17.4. The molecular weight excluding hydrogens is 337 g/mol. The number of hydrogen-bond acceptors (Lipinski definition) is 3. The van der Waals surface area contributed by atoms with E-state index in [0.717, 1.165) is 16.7 Å². The number of alkyl halides is 3. The summed E-state index contributed by atoms with van der Waals surface area (Å²) in [6.07, 6.45) is -1.38. The van der Waals surface area contributed by atoms with E-state index >= 15 is 0 Å². The predicted octanol–water partition coefficient (Wildman–Crippen LogP) is 3.33. The summed E-state index contributed by atoms with van der Waals surface area (Å²) in [6.45, 7) is 1.59. The van der Waals surface area contributed by atoms with Gasteiger partial charge in [0.2, 0.25) is 0 Å². The SMILES string of the molecule is CCNC(CCOCC(F)(F)F)Cc1ccc(Br)cn1. The number of ether oxygens (including phenoxy) is 1. The van der Waals surface area contributed by atoms with E-state index in [0.29, 0.717) is 12.8 Å². The average Bonchev–Trinajstić information content (AvgIpc) is 2.36. The summed E-state index contributed by atoms with van der Waals surface area (Å²) in [4.78, 5) is 4.26. The van der Waals surface area contributed by atoms with E-state index in [4.69, 9.17) is 0 Å². The maximum Gasteiger partial charge on any atom is 0.411 e. The Balaban J connectivity index is 2.38. The van der Waals surface area contributed by atoms with Crippen molar-refractivity contribution in [3.63, 3.8) is 0 Å². The Morgan fingerprint density at radius 2 is 2.15 bits per heavy atom. The molecule has 1 N–H and O–H groups in total. The third kappa shape index (κ3) is 7.81. The second-order valence-electron chi connectivity index (χ2n) is 4.38. The summed E-state index contributed by atoms with van der Waals surface area (Å²) in [7, 11) is 0. The van der Waals surface area contributed by atoms with Gasteiger partial charge in [0, 0.05) is 35.4 Å². The molecule has 114 valence electrons. The van der Waals surface area contributed by atoms with Gasteiger partial charge < -0.3 is 10.1 Å². The fraction of sp³-hybridized carbons (Fsp3) is 0.615. The van der Waals surface area contributed by atoms with Crippen LogP contribution in [0.3, 0.4) is 0 Å². The monoisotopic (exact) mass is 354 g/mol. The van der Waals surface area contributed by atoms with Gasteiger partial charge in [-0.15, -0.1) is 0 Å². The lowest BCUT2D eigenvalue weighted by molar-refractivity contribution is -0.174. The summed E-state index contributed by atoms with van der Waals surface area (Å²) in [5.41, 5.74) is 0.898. The van der Waals surface area contributed by atoms with E-state index in [1.807, 2.05) is 19.1 Å². The molecule has 1 atom stereocenters. The van der Waals surface area contributed by atoms with Crippen molar-refractivity contribution in [1.29, 1.82) is 0 Å². The highest BCUT2D eigenvalue weighted by atomic mass is 79.9. The molecule has 0 radical (unpaired) electrons. The number of pyridine rings is 1. The number of nitrogens with zero attached hydrogens (tertiary/aromatic N) is 1. The van der Waals surface area contributed by atoms with Crippen molar-refractivity contribution in [2.45, 2.75) is 32.0 Å². The Bertz CT molecular complexity index is 384. The van der Waals surface area contributed by atoms with Crippen LogP contribution in [0, 0.1) is 0 Å². The topological polar surface area (TPSA) is 34.1 Å². The van der Waals surface area contributed by atoms with Crippen molar-refractivity contribution in [3.05, 3.63) is 28.5 Å². The molecule has 0 aliphatic heterocycles. The molecule has 0 saturated heterocycles. The van der Waals surface area contributed by atoms with Crippen LogP contribution < -0.4 is 5.32 Å². The molecule has 1 aromatic rings. The summed E-state index contributed by atoms with van der Waals surface area (Å²) in [6, 6.07) is 3.85. The van der Waals surface area contributed by atoms with Crippen LogP contribution in [0.4, 0.5) is 13.2 Å². The molecule has 7 heteroatoms. The van der Waals surface area contributed by atoms with E-state index in [9.17, 15) is 13.2 Å².